The molecule has 2 rings (SSSR count). The summed E-state index contributed by atoms with van der Waals surface area (Å²) in [5.41, 5.74) is 1.06. The highest BCUT2D eigenvalue weighted by atomic mass is 35.5. The lowest BCUT2D eigenvalue weighted by molar-refractivity contribution is 0.101. The molecule has 0 aliphatic heterocycles. The summed E-state index contributed by atoms with van der Waals surface area (Å²) in [4.78, 5) is 15.7. The van der Waals surface area contributed by atoms with Crippen molar-refractivity contribution in [2.24, 2.45) is 7.05 Å². The molecule has 1 amide bonds. The molecule has 17 heavy (non-hydrogen) atoms. The molecule has 1 heterocycles. The Morgan fingerprint density at radius 3 is 2.71 bits per heavy atom. The van der Waals surface area contributed by atoms with Crippen molar-refractivity contribution in [3.63, 3.8) is 0 Å². The zero-order valence-corrected chi connectivity index (χ0v) is 10.5. The number of anilines is 1. The molecule has 4 nitrogen and oxygen atoms in total. The molecule has 0 bridgehead atoms. The van der Waals surface area contributed by atoms with Crippen LogP contribution in [0.5, 0.6) is 0 Å². The third-order valence-corrected chi connectivity index (χ3v) is 2.97. The van der Waals surface area contributed by atoms with E-state index in [0.29, 0.717) is 21.4 Å². The van der Waals surface area contributed by atoms with E-state index in [0.717, 1.165) is 0 Å². The summed E-state index contributed by atoms with van der Waals surface area (Å²) in [6, 6.07) is 4.91. The fraction of sp³-hybridized carbons (Fsp3) is 0.0909. The monoisotopic (exact) mass is 269 g/mol. The van der Waals surface area contributed by atoms with Gasteiger partial charge in [-0.1, -0.05) is 23.2 Å². The second-order valence-corrected chi connectivity index (χ2v) is 4.29. The highest BCUT2D eigenvalue weighted by Crippen LogP contribution is 2.25. The molecule has 0 aliphatic rings. The van der Waals surface area contributed by atoms with Gasteiger partial charge in [0.1, 0.15) is 5.69 Å². The third-order valence-electron chi connectivity index (χ3n) is 2.23. The molecular formula is C11H9Cl2N3O. The summed E-state index contributed by atoms with van der Waals surface area (Å²) in [6.45, 7) is 0. The first-order valence-corrected chi connectivity index (χ1v) is 5.56. The van der Waals surface area contributed by atoms with Crippen molar-refractivity contribution in [3.05, 3.63) is 46.5 Å². The van der Waals surface area contributed by atoms with Crippen molar-refractivity contribution in [3.8, 4) is 0 Å². The Morgan fingerprint density at radius 2 is 2.12 bits per heavy atom. The molecule has 0 saturated carbocycles. The Morgan fingerprint density at radius 1 is 1.35 bits per heavy atom. The van der Waals surface area contributed by atoms with Crippen LogP contribution in [0.25, 0.3) is 0 Å². The van der Waals surface area contributed by atoms with Crippen LogP contribution in [0.2, 0.25) is 10.0 Å². The summed E-state index contributed by atoms with van der Waals surface area (Å²) in [7, 11) is 1.75. The summed E-state index contributed by atoms with van der Waals surface area (Å²) in [5.74, 6) is -0.247. The standard InChI is InChI=1S/C11H9Cl2N3O/c1-16-6-14-5-10(16)11(17)15-7-2-3-8(12)9(13)4-7/h2-6H,1H3,(H,15,17). The Labute approximate surface area is 108 Å². The van der Waals surface area contributed by atoms with E-state index in [4.69, 9.17) is 23.2 Å². The Balaban J connectivity index is 2.19. The van der Waals surface area contributed by atoms with Crippen LogP contribution in [0.4, 0.5) is 5.69 Å². The van der Waals surface area contributed by atoms with Gasteiger partial charge in [0, 0.05) is 12.7 Å². The summed E-state index contributed by atoms with van der Waals surface area (Å²) < 4.78 is 1.63. The molecule has 2 aromatic rings. The summed E-state index contributed by atoms with van der Waals surface area (Å²) in [5, 5.41) is 3.56. The van der Waals surface area contributed by atoms with Crippen molar-refractivity contribution < 1.29 is 4.79 Å². The third kappa shape index (κ3) is 2.60. The maximum Gasteiger partial charge on any atom is 0.273 e. The van der Waals surface area contributed by atoms with Gasteiger partial charge in [-0.15, -0.1) is 0 Å². The molecule has 0 aliphatic carbocycles. The fourth-order valence-electron chi connectivity index (χ4n) is 1.35. The normalized spacial score (nSPS) is 10.3. The SMILES string of the molecule is Cn1cncc1C(=O)Nc1ccc(Cl)c(Cl)c1. The Hall–Kier alpha value is -1.52. The number of benzene rings is 1. The number of aromatic nitrogens is 2. The van der Waals surface area contributed by atoms with Gasteiger partial charge < -0.3 is 9.88 Å². The van der Waals surface area contributed by atoms with E-state index in [1.165, 1.54) is 6.20 Å². The predicted molar refractivity (Wildman–Crippen MR) is 67.6 cm³/mol. The second kappa shape index (κ2) is 4.77. The lowest BCUT2D eigenvalue weighted by Crippen LogP contribution is -2.15. The van der Waals surface area contributed by atoms with Crippen LogP contribution in [0.15, 0.2) is 30.7 Å². The number of rotatable bonds is 2. The lowest BCUT2D eigenvalue weighted by Gasteiger charge is -2.06. The highest BCUT2D eigenvalue weighted by molar-refractivity contribution is 6.42. The summed E-state index contributed by atoms with van der Waals surface area (Å²) >= 11 is 11.6. The number of aryl methyl sites for hydroxylation is 1. The van der Waals surface area contributed by atoms with Gasteiger partial charge in [-0.2, -0.15) is 0 Å². The first-order chi connectivity index (χ1) is 8.08. The van der Waals surface area contributed by atoms with Crippen LogP contribution < -0.4 is 5.32 Å². The average molecular weight is 270 g/mol. The highest BCUT2D eigenvalue weighted by Gasteiger charge is 2.10. The molecule has 0 unspecified atom stereocenters. The van der Waals surface area contributed by atoms with E-state index < -0.39 is 0 Å². The molecule has 1 N–H and O–H groups in total. The maximum absolute atomic E-state index is 11.8. The van der Waals surface area contributed by atoms with Crippen LogP contribution in [0, 0.1) is 0 Å². The number of nitrogens with zero attached hydrogens (tertiary/aromatic N) is 2. The zero-order valence-electron chi connectivity index (χ0n) is 8.95. The molecule has 0 radical (unpaired) electrons. The summed E-state index contributed by atoms with van der Waals surface area (Å²) in [6.07, 6.45) is 3.05. The number of amides is 1. The van der Waals surface area contributed by atoms with Gasteiger partial charge in [-0.25, -0.2) is 4.98 Å². The van der Waals surface area contributed by atoms with Crippen molar-refractivity contribution in [2.75, 3.05) is 5.32 Å². The maximum atomic E-state index is 11.8. The van der Waals surface area contributed by atoms with E-state index in [9.17, 15) is 4.79 Å². The molecule has 1 aromatic carbocycles. The van der Waals surface area contributed by atoms with Crippen molar-refractivity contribution in [1.29, 1.82) is 0 Å². The van der Waals surface area contributed by atoms with Crippen LogP contribution in [0.1, 0.15) is 10.5 Å². The first kappa shape index (κ1) is 12.0. The topological polar surface area (TPSA) is 46.9 Å². The molecule has 6 heteroatoms. The number of carbonyl (C=O) groups is 1. The quantitative estimate of drug-likeness (QED) is 0.911. The minimum Gasteiger partial charge on any atom is -0.330 e. The molecule has 88 valence electrons. The van der Waals surface area contributed by atoms with Crippen molar-refractivity contribution in [2.45, 2.75) is 0 Å². The van der Waals surface area contributed by atoms with Gasteiger partial charge in [-0.3, -0.25) is 4.79 Å². The first-order valence-electron chi connectivity index (χ1n) is 4.80. The number of imidazole rings is 1. The largest absolute Gasteiger partial charge is 0.330 e. The van der Waals surface area contributed by atoms with Gasteiger partial charge in [-0.05, 0) is 18.2 Å². The lowest BCUT2D eigenvalue weighted by atomic mass is 10.3. The van der Waals surface area contributed by atoms with Gasteiger partial charge >= 0.3 is 0 Å². The number of hydrogen-bond donors (Lipinski definition) is 1. The second-order valence-electron chi connectivity index (χ2n) is 3.47. The minimum absolute atomic E-state index is 0.247. The predicted octanol–water partition coefficient (Wildman–Crippen LogP) is 2.98. The number of hydrogen-bond acceptors (Lipinski definition) is 2. The van der Waals surface area contributed by atoms with Crippen LogP contribution in [-0.4, -0.2) is 15.5 Å². The molecule has 0 saturated heterocycles. The van der Waals surface area contributed by atoms with E-state index in [1.807, 2.05) is 0 Å². The van der Waals surface area contributed by atoms with Crippen molar-refractivity contribution >= 4 is 34.8 Å². The van der Waals surface area contributed by atoms with E-state index in [-0.39, 0.29) is 5.91 Å². The van der Waals surface area contributed by atoms with Gasteiger partial charge in [0.05, 0.1) is 22.6 Å². The number of nitrogens with one attached hydrogen (secondary N) is 1. The van der Waals surface area contributed by atoms with Gasteiger partial charge in [0.2, 0.25) is 0 Å². The Kier molecular flexibility index (Phi) is 3.36. The molecular weight excluding hydrogens is 261 g/mol. The number of carbonyl (C=O) groups excluding carboxylic acids is 1. The average Bonchev–Trinajstić information content (AvgIpc) is 2.70. The van der Waals surface area contributed by atoms with Crippen molar-refractivity contribution in [1.82, 2.24) is 9.55 Å². The Bertz CT molecular complexity index is 566. The minimum atomic E-state index is -0.247. The van der Waals surface area contributed by atoms with Gasteiger partial charge in [0.25, 0.3) is 5.91 Å². The number of halogens is 2. The molecule has 0 fully saturated rings. The van der Waals surface area contributed by atoms with E-state index >= 15 is 0 Å². The smallest absolute Gasteiger partial charge is 0.273 e. The van der Waals surface area contributed by atoms with E-state index in [1.54, 1.807) is 36.1 Å². The zero-order chi connectivity index (χ0) is 12.4. The molecule has 0 spiro atoms. The van der Waals surface area contributed by atoms with Gasteiger partial charge in [0.15, 0.2) is 0 Å². The van der Waals surface area contributed by atoms with E-state index in [2.05, 4.69) is 10.3 Å². The fourth-order valence-corrected chi connectivity index (χ4v) is 1.64. The molecule has 1 aromatic heterocycles. The van der Waals surface area contributed by atoms with Crippen LogP contribution >= 0.6 is 23.2 Å². The molecule has 0 atom stereocenters. The van der Waals surface area contributed by atoms with Crippen LogP contribution in [0.3, 0.4) is 0 Å². The van der Waals surface area contributed by atoms with Crippen LogP contribution in [-0.2, 0) is 7.05 Å².